The molecular formula is C13H23N3. The third kappa shape index (κ3) is 3.49. The molecule has 1 aromatic rings. The zero-order valence-electron chi connectivity index (χ0n) is 11.0. The molecule has 0 radical (unpaired) electrons. The summed E-state index contributed by atoms with van der Waals surface area (Å²) in [5, 5.41) is 3.32. The molecule has 1 aromatic heterocycles. The Balaban J connectivity index is 2.99. The van der Waals surface area contributed by atoms with Crippen molar-refractivity contribution in [3.8, 4) is 0 Å². The fourth-order valence-electron chi connectivity index (χ4n) is 1.86. The normalized spacial score (nSPS) is 13.8. The van der Waals surface area contributed by atoms with E-state index < -0.39 is 0 Å². The number of nitrogens with two attached hydrogens (primary N) is 1. The molecule has 1 heterocycles. The molecule has 0 saturated heterocycles. The predicted molar refractivity (Wildman–Crippen MR) is 69.3 cm³/mol. The Morgan fingerprint density at radius 2 is 2.06 bits per heavy atom. The minimum absolute atomic E-state index is 0.268. The summed E-state index contributed by atoms with van der Waals surface area (Å²) >= 11 is 0. The summed E-state index contributed by atoms with van der Waals surface area (Å²) in [6, 6.07) is 2.39. The van der Waals surface area contributed by atoms with Gasteiger partial charge in [-0.1, -0.05) is 20.8 Å². The van der Waals surface area contributed by atoms with Gasteiger partial charge in [0.05, 0.1) is 0 Å². The molecule has 1 unspecified atom stereocenters. The maximum atomic E-state index is 5.93. The SMILES string of the molecule is CNC(CC(C)(C)C)c1cc(C)cnc1N. The molecule has 0 aromatic carbocycles. The molecule has 1 rings (SSSR count). The Kier molecular flexibility index (Phi) is 3.92. The molecular weight excluding hydrogens is 198 g/mol. The third-order valence-electron chi connectivity index (χ3n) is 2.63. The van der Waals surface area contributed by atoms with Crippen LogP contribution >= 0.6 is 0 Å². The molecule has 0 amide bonds. The van der Waals surface area contributed by atoms with E-state index in [9.17, 15) is 0 Å². The number of nitrogens with one attached hydrogen (secondary N) is 1. The highest BCUT2D eigenvalue weighted by Crippen LogP contribution is 2.31. The van der Waals surface area contributed by atoms with E-state index in [1.165, 1.54) is 0 Å². The van der Waals surface area contributed by atoms with Crippen molar-refractivity contribution in [1.82, 2.24) is 10.3 Å². The number of hydrogen-bond donors (Lipinski definition) is 2. The van der Waals surface area contributed by atoms with Crippen LogP contribution in [0.25, 0.3) is 0 Å². The smallest absolute Gasteiger partial charge is 0.128 e. The van der Waals surface area contributed by atoms with Crippen molar-refractivity contribution in [1.29, 1.82) is 0 Å². The Hall–Kier alpha value is -1.09. The molecule has 0 saturated carbocycles. The predicted octanol–water partition coefficient (Wildman–Crippen LogP) is 2.67. The van der Waals surface area contributed by atoms with Crippen LogP contribution in [0, 0.1) is 12.3 Å². The summed E-state index contributed by atoms with van der Waals surface area (Å²) in [5.74, 6) is 0.634. The highest BCUT2D eigenvalue weighted by atomic mass is 14.9. The first-order valence-corrected chi connectivity index (χ1v) is 5.73. The van der Waals surface area contributed by atoms with E-state index in [2.05, 4.69) is 37.1 Å². The first-order chi connectivity index (χ1) is 7.33. The van der Waals surface area contributed by atoms with Crippen molar-refractivity contribution in [2.24, 2.45) is 5.41 Å². The molecule has 0 aliphatic carbocycles. The largest absolute Gasteiger partial charge is 0.383 e. The van der Waals surface area contributed by atoms with Gasteiger partial charge in [-0.2, -0.15) is 0 Å². The van der Waals surface area contributed by atoms with E-state index in [0.29, 0.717) is 5.82 Å². The lowest BCUT2D eigenvalue weighted by Crippen LogP contribution is -2.23. The second-order valence-electron chi connectivity index (χ2n) is 5.59. The van der Waals surface area contributed by atoms with Gasteiger partial charge in [0.1, 0.15) is 5.82 Å². The summed E-state index contributed by atoms with van der Waals surface area (Å²) < 4.78 is 0. The number of nitrogen functional groups attached to an aromatic ring is 1. The van der Waals surface area contributed by atoms with E-state index in [1.807, 2.05) is 20.2 Å². The van der Waals surface area contributed by atoms with E-state index in [0.717, 1.165) is 17.5 Å². The first kappa shape index (κ1) is 13.0. The van der Waals surface area contributed by atoms with Crippen molar-refractivity contribution in [2.75, 3.05) is 12.8 Å². The minimum Gasteiger partial charge on any atom is -0.383 e. The number of aromatic nitrogens is 1. The molecule has 16 heavy (non-hydrogen) atoms. The zero-order chi connectivity index (χ0) is 12.3. The van der Waals surface area contributed by atoms with Crippen LogP contribution in [-0.4, -0.2) is 12.0 Å². The van der Waals surface area contributed by atoms with Crippen LogP contribution in [0.3, 0.4) is 0 Å². The van der Waals surface area contributed by atoms with Gasteiger partial charge < -0.3 is 11.1 Å². The van der Waals surface area contributed by atoms with Crippen LogP contribution in [0.1, 0.15) is 44.4 Å². The summed E-state index contributed by atoms with van der Waals surface area (Å²) in [7, 11) is 1.97. The fourth-order valence-corrected chi connectivity index (χ4v) is 1.86. The van der Waals surface area contributed by atoms with Gasteiger partial charge in [-0.3, -0.25) is 0 Å². The summed E-state index contributed by atoms with van der Waals surface area (Å²) in [6.45, 7) is 8.74. The lowest BCUT2D eigenvalue weighted by molar-refractivity contribution is 0.321. The van der Waals surface area contributed by atoms with Crippen LogP contribution in [0.5, 0.6) is 0 Å². The van der Waals surface area contributed by atoms with Gasteiger partial charge in [0.25, 0.3) is 0 Å². The van der Waals surface area contributed by atoms with Crippen LogP contribution in [0.15, 0.2) is 12.3 Å². The minimum atomic E-state index is 0.268. The monoisotopic (exact) mass is 221 g/mol. The van der Waals surface area contributed by atoms with E-state index >= 15 is 0 Å². The highest BCUT2D eigenvalue weighted by molar-refractivity contribution is 5.43. The second-order valence-corrected chi connectivity index (χ2v) is 5.59. The van der Waals surface area contributed by atoms with Crippen molar-refractivity contribution in [3.05, 3.63) is 23.4 Å². The van der Waals surface area contributed by atoms with Crippen LogP contribution in [0.4, 0.5) is 5.82 Å². The lowest BCUT2D eigenvalue weighted by Gasteiger charge is -2.26. The number of anilines is 1. The summed E-state index contributed by atoms with van der Waals surface area (Å²) in [6.07, 6.45) is 2.85. The van der Waals surface area contributed by atoms with Crippen LogP contribution < -0.4 is 11.1 Å². The van der Waals surface area contributed by atoms with Gasteiger partial charge in [-0.25, -0.2) is 4.98 Å². The molecule has 0 spiro atoms. The van der Waals surface area contributed by atoms with Gasteiger partial charge in [0.2, 0.25) is 0 Å². The molecule has 3 N–H and O–H groups in total. The average molecular weight is 221 g/mol. The van der Waals surface area contributed by atoms with Gasteiger partial charge >= 0.3 is 0 Å². The van der Waals surface area contributed by atoms with E-state index in [1.54, 1.807) is 0 Å². The topological polar surface area (TPSA) is 50.9 Å². The van der Waals surface area contributed by atoms with Gasteiger partial charge in [0, 0.05) is 17.8 Å². The van der Waals surface area contributed by atoms with E-state index in [4.69, 9.17) is 5.73 Å². The number of hydrogen-bond acceptors (Lipinski definition) is 3. The first-order valence-electron chi connectivity index (χ1n) is 5.73. The van der Waals surface area contributed by atoms with Gasteiger partial charge in [-0.15, -0.1) is 0 Å². The standard InChI is InChI=1S/C13H23N3/c1-9-6-10(12(14)16-8-9)11(15-5)7-13(2,3)4/h6,8,11,15H,7H2,1-5H3,(H2,14,16). The van der Waals surface area contributed by atoms with Crippen molar-refractivity contribution >= 4 is 5.82 Å². The summed E-state index contributed by atoms with van der Waals surface area (Å²) in [5.41, 5.74) is 8.46. The van der Waals surface area contributed by atoms with Crippen LogP contribution in [-0.2, 0) is 0 Å². The number of pyridine rings is 1. The summed E-state index contributed by atoms with van der Waals surface area (Å²) in [4.78, 5) is 4.22. The van der Waals surface area contributed by atoms with Gasteiger partial charge in [0.15, 0.2) is 0 Å². The molecule has 0 aliphatic rings. The average Bonchev–Trinajstić information content (AvgIpc) is 2.17. The van der Waals surface area contributed by atoms with Crippen molar-refractivity contribution in [3.63, 3.8) is 0 Å². The molecule has 3 nitrogen and oxygen atoms in total. The lowest BCUT2D eigenvalue weighted by atomic mass is 9.85. The Morgan fingerprint density at radius 3 is 2.56 bits per heavy atom. The molecule has 0 bridgehead atoms. The molecule has 0 aliphatic heterocycles. The van der Waals surface area contributed by atoms with Crippen molar-refractivity contribution in [2.45, 2.75) is 40.2 Å². The fraction of sp³-hybridized carbons (Fsp3) is 0.615. The number of aryl methyl sites for hydroxylation is 1. The molecule has 1 atom stereocenters. The Labute approximate surface area is 98.5 Å². The Bertz CT molecular complexity index is 353. The molecule has 90 valence electrons. The maximum absolute atomic E-state index is 5.93. The van der Waals surface area contributed by atoms with E-state index in [-0.39, 0.29) is 11.5 Å². The maximum Gasteiger partial charge on any atom is 0.128 e. The molecule has 3 heteroatoms. The van der Waals surface area contributed by atoms with Crippen LogP contribution in [0.2, 0.25) is 0 Å². The number of rotatable bonds is 3. The second kappa shape index (κ2) is 4.83. The highest BCUT2D eigenvalue weighted by Gasteiger charge is 2.21. The Morgan fingerprint density at radius 1 is 1.44 bits per heavy atom. The third-order valence-corrected chi connectivity index (χ3v) is 2.63. The zero-order valence-corrected chi connectivity index (χ0v) is 11.0. The molecule has 0 fully saturated rings. The number of nitrogens with zero attached hydrogens (tertiary/aromatic N) is 1. The van der Waals surface area contributed by atoms with Gasteiger partial charge in [-0.05, 0) is 37.4 Å². The van der Waals surface area contributed by atoms with Crippen molar-refractivity contribution < 1.29 is 0 Å². The quantitative estimate of drug-likeness (QED) is 0.825.